The Morgan fingerprint density at radius 3 is 2.39 bits per heavy atom. The van der Waals surface area contributed by atoms with Crippen molar-refractivity contribution in [2.45, 2.75) is 19.8 Å². The van der Waals surface area contributed by atoms with Crippen LogP contribution in [0, 0.1) is 5.92 Å². The molecule has 1 aromatic carbocycles. The van der Waals surface area contributed by atoms with Gasteiger partial charge in [0.15, 0.2) is 0 Å². The molecule has 2 rings (SSSR count). The van der Waals surface area contributed by atoms with Gasteiger partial charge in [0.2, 0.25) is 5.91 Å². The first kappa shape index (κ1) is 17.0. The molecule has 0 spiro atoms. The summed E-state index contributed by atoms with van der Waals surface area (Å²) in [6, 6.07) is 6.64. The second-order valence-corrected chi connectivity index (χ2v) is 5.25. The number of carbonyl (C=O) groups is 3. The van der Waals surface area contributed by atoms with Gasteiger partial charge in [-0.1, -0.05) is 0 Å². The molecule has 124 valence electrons. The predicted octanol–water partition coefficient (Wildman–Crippen LogP) is 0.666. The Kier molecular flexibility index (Phi) is 6.10. The van der Waals surface area contributed by atoms with E-state index in [9.17, 15) is 14.4 Å². The van der Waals surface area contributed by atoms with Crippen LogP contribution in [-0.2, 0) is 14.4 Å². The van der Waals surface area contributed by atoms with Gasteiger partial charge in [0.05, 0.1) is 6.61 Å². The Labute approximate surface area is 134 Å². The number of ether oxygens (including phenoxy) is 1. The van der Waals surface area contributed by atoms with E-state index in [1.165, 1.54) is 0 Å². The molecule has 0 unspecified atom stereocenters. The Balaban J connectivity index is 1.84. The third-order valence-corrected chi connectivity index (χ3v) is 3.58. The molecule has 1 saturated heterocycles. The van der Waals surface area contributed by atoms with Crippen LogP contribution in [0.4, 0.5) is 5.69 Å². The zero-order valence-electron chi connectivity index (χ0n) is 13.1. The quantitative estimate of drug-likeness (QED) is 0.709. The zero-order valence-corrected chi connectivity index (χ0v) is 13.1. The van der Waals surface area contributed by atoms with Crippen molar-refractivity contribution < 1.29 is 19.1 Å². The first-order valence-corrected chi connectivity index (χ1v) is 7.70. The molecular formula is C16H21N3O4. The van der Waals surface area contributed by atoms with Crippen LogP contribution < -0.4 is 20.7 Å². The first-order chi connectivity index (χ1) is 11.1. The van der Waals surface area contributed by atoms with Crippen LogP contribution in [0.3, 0.4) is 0 Å². The fourth-order valence-electron chi connectivity index (χ4n) is 2.34. The fourth-order valence-corrected chi connectivity index (χ4v) is 2.34. The number of imide groups is 1. The summed E-state index contributed by atoms with van der Waals surface area (Å²) in [6.07, 6.45) is 1.33. The summed E-state index contributed by atoms with van der Waals surface area (Å²) in [5.41, 5.74) is 0.461. The number of rotatable bonds is 4. The van der Waals surface area contributed by atoms with Gasteiger partial charge < -0.3 is 15.4 Å². The van der Waals surface area contributed by atoms with Gasteiger partial charge in [-0.3, -0.25) is 19.7 Å². The average Bonchev–Trinajstić information content (AvgIpc) is 2.57. The molecule has 1 aromatic rings. The van der Waals surface area contributed by atoms with Crippen LogP contribution >= 0.6 is 0 Å². The van der Waals surface area contributed by atoms with E-state index in [4.69, 9.17) is 4.74 Å². The number of hydrogen-bond donors (Lipinski definition) is 3. The molecule has 0 radical (unpaired) electrons. The predicted molar refractivity (Wildman–Crippen MR) is 85.0 cm³/mol. The highest BCUT2D eigenvalue weighted by Gasteiger charge is 2.25. The molecule has 1 fully saturated rings. The van der Waals surface area contributed by atoms with Gasteiger partial charge in [-0.15, -0.1) is 0 Å². The smallest absolute Gasteiger partial charge is 0.316 e. The topological polar surface area (TPSA) is 96.5 Å². The van der Waals surface area contributed by atoms with Crippen molar-refractivity contribution in [3.8, 4) is 5.75 Å². The van der Waals surface area contributed by atoms with Crippen LogP contribution in [0.25, 0.3) is 0 Å². The minimum atomic E-state index is -0.942. The summed E-state index contributed by atoms with van der Waals surface area (Å²) in [7, 11) is 0. The van der Waals surface area contributed by atoms with Crippen molar-refractivity contribution in [1.29, 1.82) is 0 Å². The van der Waals surface area contributed by atoms with Gasteiger partial charge in [-0.25, -0.2) is 0 Å². The van der Waals surface area contributed by atoms with Crippen LogP contribution in [0.1, 0.15) is 19.8 Å². The van der Waals surface area contributed by atoms with Crippen LogP contribution in [0.15, 0.2) is 24.3 Å². The molecule has 7 nitrogen and oxygen atoms in total. The molecule has 1 aliphatic heterocycles. The maximum absolute atomic E-state index is 11.9. The maximum atomic E-state index is 11.9. The molecular weight excluding hydrogens is 298 g/mol. The fraction of sp³-hybridized carbons (Fsp3) is 0.438. The number of carbonyl (C=O) groups excluding carboxylic acids is 3. The van der Waals surface area contributed by atoms with Crippen molar-refractivity contribution in [3.05, 3.63) is 24.3 Å². The standard InChI is InChI=1S/C16H21N3O4/c1-2-23-13-5-3-12(4-6-13)18-15(21)16(22)19-14(20)11-7-9-17-10-8-11/h3-6,11,17H,2,7-10H2,1H3,(H,18,21)(H,19,20,22). The van der Waals surface area contributed by atoms with Gasteiger partial charge in [0.1, 0.15) is 5.75 Å². The number of amides is 3. The molecule has 7 heteroatoms. The molecule has 0 aliphatic carbocycles. The zero-order chi connectivity index (χ0) is 16.7. The number of nitrogens with one attached hydrogen (secondary N) is 3. The Morgan fingerprint density at radius 1 is 1.13 bits per heavy atom. The van der Waals surface area contributed by atoms with E-state index < -0.39 is 17.7 Å². The maximum Gasteiger partial charge on any atom is 0.316 e. The summed E-state index contributed by atoms with van der Waals surface area (Å²) in [4.78, 5) is 35.5. The van der Waals surface area contributed by atoms with Crippen LogP contribution in [0.2, 0.25) is 0 Å². The lowest BCUT2D eigenvalue weighted by atomic mass is 9.97. The van der Waals surface area contributed by atoms with Gasteiger partial charge in [-0.05, 0) is 57.1 Å². The van der Waals surface area contributed by atoms with E-state index in [-0.39, 0.29) is 5.92 Å². The Hall–Kier alpha value is -2.41. The van der Waals surface area contributed by atoms with E-state index in [1.54, 1.807) is 24.3 Å². The largest absolute Gasteiger partial charge is 0.494 e. The molecule has 0 bridgehead atoms. The number of piperidine rings is 1. The van der Waals surface area contributed by atoms with Crippen LogP contribution in [-0.4, -0.2) is 37.4 Å². The van der Waals surface area contributed by atoms with Crippen molar-refractivity contribution in [2.24, 2.45) is 5.92 Å². The molecule has 3 amide bonds. The van der Waals surface area contributed by atoms with E-state index >= 15 is 0 Å². The SMILES string of the molecule is CCOc1ccc(NC(=O)C(=O)NC(=O)C2CCNCC2)cc1. The second kappa shape index (κ2) is 8.28. The molecule has 3 N–H and O–H groups in total. The molecule has 23 heavy (non-hydrogen) atoms. The molecule has 0 saturated carbocycles. The Bertz CT molecular complexity index is 565. The molecule has 0 aromatic heterocycles. The van der Waals surface area contributed by atoms with E-state index in [1.807, 2.05) is 6.92 Å². The minimum Gasteiger partial charge on any atom is -0.494 e. The summed E-state index contributed by atoms with van der Waals surface area (Å²) >= 11 is 0. The van der Waals surface area contributed by atoms with Crippen molar-refractivity contribution in [1.82, 2.24) is 10.6 Å². The van der Waals surface area contributed by atoms with Crippen molar-refractivity contribution in [2.75, 3.05) is 25.0 Å². The number of hydrogen-bond acceptors (Lipinski definition) is 5. The minimum absolute atomic E-state index is 0.224. The summed E-state index contributed by atoms with van der Waals surface area (Å²) < 4.78 is 5.29. The van der Waals surface area contributed by atoms with Gasteiger partial charge in [-0.2, -0.15) is 0 Å². The highest BCUT2D eigenvalue weighted by molar-refractivity contribution is 6.41. The van der Waals surface area contributed by atoms with E-state index in [2.05, 4.69) is 16.0 Å². The lowest BCUT2D eigenvalue weighted by Crippen LogP contribution is -2.44. The molecule has 1 heterocycles. The van der Waals surface area contributed by atoms with Crippen molar-refractivity contribution >= 4 is 23.4 Å². The normalized spacial score (nSPS) is 14.8. The van der Waals surface area contributed by atoms with E-state index in [0.717, 1.165) is 13.1 Å². The lowest BCUT2D eigenvalue weighted by molar-refractivity contribution is -0.141. The summed E-state index contributed by atoms with van der Waals surface area (Å²) in [6.45, 7) is 3.90. The van der Waals surface area contributed by atoms with Gasteiger partial charge in [0.25, 0.3) is 0 Å². The van der Waals surface area contributed by atoms with Gasteiger partial charge in [0, 0.05) is 11.6 Å². The number of anilines is 1. The summed E-state index contributed by atoms with van der Waals surface area (Å²) in [5.74, 6) is -1.74. The summed E-state index contributed by atoms with van der Waals surface area (Å²) in [5, 5.41) is 7.74. The molecule has 0 atom stereocenters. The first-order valence-electron chi connectivity index (χ1n) is 7.70. The molecule has 1 aliphatic rings. The third-order valence-electron chi connectivity index (χ3n) is 3.58. The highest BCUT2D eigenvalue weighted by Crippen LogP contribution is 2.15. The lowest BCUT2D eigenvalue weighted by Gasteiger charge is -2.21. The third kappa shape index (κ3) is 5.07. The van der Waals surface area contributed by atoms with Gasteiger partial charge >= 0.3 is 11.8 Å². The van der Waals surface area contributed by atoms with Crippen molar-refractivity contribution in [3.63, 3.8) is 0 Å². The second-order valence-electron chi connectivity index (χ2n) is 5.25. The monoisotopic (exact) mass is 319 g/mol. The average molecular weight is 319 g/mol. The van der Waals surface area contributed by atoms with Crippen LogP contribution in [0.5, 0.6) is 5.75 Å². The highest BCUT2D eigenvalue weighted by atomic mass is 16.5. The Morgan fingerprint density at radius 2 is 1.78 bits per heavy atom. The van der Waals surface area contributed by atoms with E-state index in [0.29, 0.717) is 30.9 Å². The number of benzene rings is 1.